The molecule has 0 heterocycles. The minimum atomic E-state index is -0.675. The number of rotatable bonds is 4. The van der Waals surface area contributed by atoms with Crippen molar-refractivity contribution in [1.82, 2.24) is 5.32 Å². The first-order chi connectivity index (χ1) is 10.2. The molecule has 0 spiro atoms. The fourth-order valence-electron chi connectivity index (χ4n) is 1.81. The Bertz CT molecular complexity index is 694. The number of ketones is 1. The molecule has 2 aromatic carbocycles. The van der Waals surface area contributed by atoms with Crippen LogP contribution in [-0.2, 0) is 4.79 Å². The Balaban J connectivity index is 2.44. The molecule has 1 N–H and O–H groups in total. The fraction of sp³-hybridized carbons (Fsp3) is 0.0625. The molecule has 0 bridgehead atoms. The van der Waals surface area contributed by atoms with E-state index in [-0.39, 0.29) is 22.4 Å². The average molecular weight is 282 g/mol. The Morgan fingerprint density at radius 3 is 2.29 bits per heavy atom. The van der Waals surface area contributed by atoms with Crippen molar-refractivity contribution in [3.63, 3.8) is 0 Å². The van der Waals surface area contributed by atoms with Crippen LogP contribution in [0.25, 0.3) is 0 Å². The standard InChI is InChI=1S/C16H12NO4/c1-17-16(20)21-14-9-5-4-8-13(14)15(19)12-7-3-2-6-11(12)10-18/h2-9H,1H3,(H,17,20). The zero-order valence-corrected chi connectivity index (χ0v) is 11.3. The second kappa shape index (κ2) is 6.47. The summed E-state index contributed by atoms with van der Waals surface area (Å²) in [7, 11) is 1.42. The van der Waals surface area contributed by atoms with Gasteiger partial charge in [-0.3, -0.25) is 9.59 Å². The van der Waals surface area contributed by atoms with Gasteiger partial charge in [0, 0.05) is 18.2 Å². The lowest BCUT2D eigenvalue weighted by molar-refractivity contribution is 0.103. The lowest BCUT2D eigenvalue weighted by Crippen LogP contribution is -2.23. The molecule has 105 valence electrons. The minimum Gasteiger partial charge on any atom is -0.410 e. The zero-order valence-electron chi connectivity index (χ0n) is 11.3. The summed E-state index contributed by atoms with van der Waals surface area (Å²) in [6, 6.07) is 12.7. The highest BCUT2D eigenvalue weighted by Gasteiger charge is 2.18. The molecular weight excluding hydrogens is 270 g/mol. The van der Waals surface area contributed by atoms with Crippen LogP contribution in [0.3, 0.4) is 0 Å². The smallest absolute Gasteiger partial charge is 0.410 e. The van der Waals surface area contributed by atoms with Gasteiger partial charge in [0.1, 0.15) is 5.75 Å². The molecule has 1 amide bonds. The highest BCUT2D eigenvalue weighted by atomic mass is 16.6. The van der Waals surface area contributed by atoms with Gasteiger partial charge in [-0.25, -0.2) is 4.79 Å². The predicted molar refractivity (Wildman–Crippen MR) is 76.2 cm³/mol. The molecule has 2 aromatic rings. The molecule has 0 saturated carbocycles. The summed E-state index contributed by atoms with van der Waals surface area (Å²) in [6.45, 7) is 0. The van der Waals surface area contributed by atoms with Crippen LogP contribution in [-0.4, -0.2) is 25.2 Å². The van der Waals surface area contributed by atoms with Crippen LogP contribution in [0.5, 0.6) is 5.75 Å². The maximum atomic E-state index is 12.5. The van der Waals surface area contributed by atoms with E-state index in [9.17, 15) is 14.4 Å². The minimum absolute atomic E-state index is 0.127. The van der Waals surface area contributed by atoms with E-state index >= 15 is 0 Å². The van der Waals surface area contributed by atoms with Crippen molar-refractivity contribution >= 4 is 18.2 Å². The van der Waals surface area contributed by atoms with Crippen molar-refractivity contribution in [2.24, 2.45) is 0 Å². The van der Waals surface area contributed by atoms with Crippen molar-refractivity contribution < 1.29 is 19.1 Å². The molecule has 1 radical (unpaired) electrons. The normalized spacial score (nSPS) is 9.76. The van der Waals surface area contributed by atoms with E-state index in [1.54, 1.807) is 30.6 Å². The van der Waals surface area contributed by atoms with Crippen molar-refractivity contribution in [1.29, 1.82) is 0 Å². The van der Waals surface area contributed by atoms with Gasteiger partial charge in [0.25, 0.3) is 0 Å². The zero-order chi connectivity index (χ0) is 15.2. The number of amides is 1. The summed E-state index contributed by atoms with van der Waals surface area (Å²) < 4.78 is 5.04. The molecule has 0 aliphatic carbocycles. The molecule has 0 fully saturated rings. The molecule has 21 heavy (non-hydrogen) atoms. The first-order valence-electron chi connectivity index (χ1n) is 6.18. The van der Waals surface area contributed by atoms with Gasteiger partial charge in [-0.05, 0) is 12.1 Å². The van der Waals surface area contributed by atoms with Crippen LogP contribution in [0.4, 0.5) is 4.79 Å². The molecular formula is C16H12NO4. The van der Waals surface area contributed by atoms with E-state index in [2.05, 4.69) is 5.32 Å². The molecule has 0 saturated heterocycles. The van der Waals surface area contributed by atoms with Crippen LogP contribution in [0.15, 0.2) is 48.5 Å². The van der Waals surface area contributed by atoms with Gasteiger partial charge in [0.15, 0.2) is 5.78 Å². The number of carbonyl (C=O) groups excluding carboxylic acids is 3. The highest BCUT2D eigenvalue weighted by molar-refractivity contribution is 6.14. The van der Waals surface area contributed by atoms with E-state index < -0.39 is 11.9 Å². The SMILES string of the molecule is CNC(=O)Oc1ccccc1C(=O)c1ccccc1[C]=O. The Labute approximate surface area is 121 Å². The molecule has 2 rings (SSSR count). The molecule has 0 unspecified atom stereocenters. The third-order valence-electron chi connectivity index (χ3n) is 2.82. The van der Waals surface area contributed by atoms with Crippen molar-refractivity contribution in [3.8, 4) is 5.75 Å². The number of ether oxygens (including phenoxy) is 1. The quantitative estimate of drug-likeness (QED) is 0.871. The predicted octanol–water partition coefficient (Wildman–Crippen LogP) is 2.09. The van der Waals surface area contributed by atoms with Gasteiger partial charge < -0.3 is 10.1 Å². The first-order valence-corrected chi connectivity index (χ1v) is 6.18. The van der Waals surface area contributed by atoms with Gasteiger partial charge in [-0.2, -0.15) is 0 Å². The van der Waals surface area contributed by atoms with Gasteiger partial charge in [0.2, 0.25) is 6.29 Å². The summed E-state index contributed by atoms with van der Waals surface area (Å²) in [6.07, 6.45) is 1.05. The van der Waals surface area contributed by atoms with Gasteiger partial charge >= 0.3 is 6.09 Å². The number of benzene rings is 2. The molecule has 5 heteroatoms. The number of hydrogen-bond donors (Lipinski definition) is 1. The number of nitrogens with one attached hydrogen (secondary N) is 1. The molecule has 0 aliphatic rings. The molecule has 0 atom stereocenters. The van der Waals surface area contributed by atoms with E-state index in [0.29, 0.717) is 0 Å². The maximum Gasteiger partial charge on any atom is 0.412 e. The Morgan fingerprint density at radius 1 is 1.00 bits per heavy atom. The van der Waals surface area contributed by atoms with Crippen LogP contribution in [0.2, 0.25) is 0 Å². The monoisotopic (exact) mass is 282 g/mol. The summed E-state index contributed by atoms with van der Waals surface area (Å²) in [5.41, 5.74) is 0.571. The summed E-state index contributed by atoms with van der Waals surface area (Å²) in [5, 5.41) is 2.31. The number of hydrogen-bond acceptors (Lipinski definition) is 4. The fourth-order valence-corrected chi connectivity index (χ4v) is 1.81. The van der Waals surface area contributed by atoms with Gasteiger partial charge in [0.05, 0.1) is 5.56 Å². The van der Waals surface area contributed by atoms with E-state index in [1.807, 2.05) is 0 Å². The van der Waals surface area contributed by atoms with Crippen molar-refractivity contribution in [3.05, 3.63) is 65.2 Å². The van der Waals surface area contributed by atoms with Crippen molar-refractivity contribution in [2.75, 3.05) is 7.05 Å². The Morgan fingerprint density at radius 2 is 1.62 bits per heavy atom. The number of para-hydroxylation sites is 1. The van der Waals surface area contributed by atoms with E-state index in [4.69, 9.17) is 4.74 Å². The Kier molecular flexibility index (Phi) is 4.46. The lowest BCUT2D eigenvalue weighted by atomic mass is 9.98. The van der Waals surface area contributed by atoms with Crippen LogP contribution in [0.1, 0.15) is 21.5 Å². The van der Waals surface area contributed by atoms with Crippen LogP contribution in [0, 0.1) is 0 Å². The second-order valence-corrected chi connectivity index (χ2v) is 4.11. The highest BCUT2D eigenvalue weighted by Crippen LogP contribution is 2.22. The van der Waals surface area contributed by atoms with E-state index in [0.717, 1.165) is 0 Å². The number of carbonyl (C=O) groups is 2. The average Bonchev–Trinajstić information content (AvgIpc) is 2.54. The third kappa shape index (κ3) is 3.14. The first kappa shape index (κ1) is 14.5. The maximum absolute atomic E-state index is 12.5. The third-order valence-corrected chi connectivity index (χ3v) is 2.82. The van der Waals surface area contributed by atoms with Gasteiger partial charge in [-0.1, -0.05) is 36.4 Å². The lowest BCUT2D eigenvalue weighted by Gasteiger charge is -2.09. The largest absolute Gasteiger partial charge is 0.412 e. The molecule has 0 aliphatic heterocycles. The molecule has 5 nitrogen and oxygen atoms in total. The van der Waals surface area contributed by atoms with Crippen molar-refractivity contribution in [2.45, 2.75) is 0 Å². The topological polar surface area (TPSA) is 72.5 Å². The molecule has 0 aromatic heterocycles. The summed E-state index contributed by atoms with van der Waals surface area (Å²) >= 11 is 0. The van der Waals surface area contributed by atoms with Crippen LogP contribution >= 0.6 is 0 Å². The summed E-state index contributed by atoms with van der Waals surface area (Å²) in [5.74, 6) is -0.281. The Hall–Kier alpha value is -2.95. The van der Waals surface area contributed by atoms with Crippen LogP contribution < -0.4 is 10.1 Å². The van der Waals surface area contributed by atoms with Gasteiger partial charge in [-0.15, -0.1) is 0 Å². The van der Waals surface area contributed by atoms with E-state index in [1.165, 1.54) is 31.3 Å². The second-order valence-electron chi connectivity index (χ2n) is 4.11. The summed E-state index contributed by atoms with van der Waals surface area (Å²) in [4.78, 5) is 34.7.